The number of fused-ring (bicyclic) bond motifs is 2. The lowest BCUT2D eigenvalue weighted by Crippen LogP contribution is -2.30. The van der Waals surface area contributed by atoms with Gasteiger partial charge in [-0.05, 0) is 48.7 Å². The van der Waals surface area contributed by atoms with Crippen molar-refractivity contribution < 1.29 is 28.7 Å². The summed E-state index contributed by atoms with van der Waals surface area (Å²) in [5.41, 5.74) is 2.70. The lowest BCUT2D eigenvalue weighted by Gasteiger charge is -2.17. The number of thioether (sulfide) groups is 1. The Labute approximate surface area is 193 Å². The highest BCUT2D eigenvalue weighted by Gasteiger charge is 2.34. The van der Waals surface area contributed by atoms with E-state index in [-0.39, 0.29) is 42.7 Å². The van der Waals surface area contributed by atoms with Crippen LogP contribution in [0.5, 0.6) is 11.5 Å². The third-order valence-electron chi connectivity index (χ3n) is 5.80. The summed E-state index contributed by atoms with van der Waals surface area (Å²) in [4.78, 5) is 50.5. The third kappa shape index (κ3) is 4.13. The molecular formula is C23H21N3O6S. The topological polar surface area (TPSA) is 114 Å². The second-order valence-electron chi connectivity index (χ2n) is 8.02. The van der Waals surface area contributed by atoms with Crippen LogP contribution in [0.3, 0.4) is 0 Å². The second-order valence-corrected chi connectivity index (χ2v) is 9.57. The first-order chi connectivity index (χ1) is 15.9. The maximum atomic E-state index is 13.1. The van der Waals surface area contributed by atoms with E-state index in [1.165, 1.54) is 11.8 Å². The molecule has 33 heavy (non-hydrogen) atoms. The van der Waals surface area contributed by atoms with E-state index in [1.54, 1.807) is 43.3 Å². The third-order valence-corrected chi connectivity index (χ3v) is 7.13. The average molecular weight is 468 g/mol. The number of imide groups is 1. The van der Waals surface area contributed by atoms with Gasteiger partial charge in [0.2, 0.25) is 18.6 Å². The van der Waals surface area contributed by atoms with Crippen LogP contribution >= 0.6 is 11.8 Å². The van der Waals surface area contributed by atoms with Crippen molar-refractivity contribution >= 4 is 41.1 Å². The van der Waals surface area contributed by atoms with Crippen LogP contribution in [-0.2, 0) is 22.6 Å². The van der Waals surface area contributed by atoms with E-state index in [2.05, 4.69) is 10.6 Å². The molecule has 2 atom stereocenters. The summed E-state index contributed by atoms with van der Waals surface area (Å²) in [5, 5.41) is 4.55. The SMILES string of the molecule is CC1SC(C(=O)Nc2ccc(CN3C(=O)CNC3=O)cc2)Cc2cc3c(cc2C1=O)OCO3. The Morgan fingerprint density at radius 1 is 1.15 bits per heavy atom. The monoisotopic (exact) mass is 467 g/mol. The average Bonchev–Trinajstić information content (AvgIpc) is 3.36. The zero-order valence-electron chi connectivity index (χ0n) is 17.8. The second kappa shape index (κ2) is 8.43. The largest absolute Gasteiger partial charge is 0.454 e. The molecule has 3 aliphatic rings. The Bertz CT molecular complexity index is 1150. The Balaban J connectivity index is 1.29. The number of hydrogen-bond donors (Lipinski definition) is 2. The van der Waals surface area contributed by atoms with Crippen LogP contribution in [0, 0.1) is 0 Å². The molecule has 2 N–H and O–H groups in total. The summed E-state index contributed by atoms with van der Waals surface area (Å²) < 4.78 is 10.8. The molecule has 5 rings (SSSR count). The van der Waals surface area contributed by atoms with E-state index in [0.29, 0.717) is 29.2 Å². The zero-order chi connectivity index (χ0) is 23.1. The minimum Gasteiger partial charge on any atom is -0.454 e. The molecule has 0 aromatic heterocycles. The minimum atomic E-state index is -0.462. The minimum absolute atomic E-state index is 0.0119. The number of amides is 4. The van der Waals surface area contributed by atoms with E-state index in [4.69, 9.17) is 9.47 Å². The molecule has 9 nitrogen and oxygen atoms in total. The van der Waals surface area contributed by atoms with Crippen molar-refractivity contribution in [1.82, 2.24) is 10.2 Å². The molecule has 3 heterocycles. The molecule has 0 radical (unpaired) electrons. The summed E-state index contributed by atoms with van der Waals surface area (Å²) in [7, 11) is 0. The number of ether oxygens (including phenoxy) is 2. The van der Waals surface area contributed by atoms with E-state index < -0.39 is 11.3 Å². The number of hydrogen-bond acceptors (Lipinski definition) is 7. The van der Waals surface area contributed by atoms with E-state index in [9.17, 15) is 19.2 Å². The molecule has 0 aliphatic carbocycles. The molecule has 0 spiro atoms. The summed E-state index contributed by atoms with van der Waals surface area (Å²) in [6, 6.07) is 10.1. The number of anilines is 1. The van der Waals surface area contributed by atoms with Gasteiger partial charge >= 0.3 is 6.03 Å². The highest BCUT2D eigenvalue weighted by molar-refractivity contribution is 8.02. The van der Waals surface area contributed by atoms with Crippen molar-refractivity contribution in [3.05, 3.63) is 53.1 Å². The van der Waals surface area contributed by atoms with Crippen molar-refractivity contribution in [2.45, 2.75) is 30.4 Å². The zero-order valence-corrected chi connectivity index (χ0v) is 18.6. The molecule has 2 aromatic rings. The van der Waals surface area contributed by atoms with Crippen molar-refractivity contribution in [1.29, 1.82) is 0 Å². The lowest BCUT2D eigenvalue weighted by molar-refractivity contribution is -0.125. The number of carbonyl (C=O) groups excluding carboxylic acids is 4. The van der Waals surface area contributed by atoms with Crippen LogP contribution in [0.2, 0.25) is 0 Å². The number of rotatable bonds is 4. The van der Waals surface area contributed by atoms with E-state index >= 15 is 0 Å². The molecular weight excluding hydrogens is 446 g/mol. The molecule has 1 saturated heterocycles. The predicted molar refractivity (Wildman–Crippen MR) is 120 cm³/mol. The summed E-state index contributed by atoms with van der Waals surface area (Å²) in [5.74, 6) is 0.631. The van der Waals surface area contributed by atoms with Gasteiger partial charge in [0.05, 0.1) is 23.6 Å². The van der Waals surface area contributed by atoms with Gasteiger partial charge in [-0.25, -0.2) is 4.79 Å². The Kier molecular flexibility index (Phi) is 5.45. The number of ketones is 1. The number of benzene rings is 2. The summed E-state index contributed by atoms with van der Waals surface area (Å²) in [6.45, 7) is 2.10. The molecule has 2 aromatic carbocycles. The standard InChI is InChI=1S/C23H21N3O6S/c1-12-21(28)16-8-18-17(31-11-32-18)6-14(16)7-19(33-12)22(29)25-15-4-2-13(3-5-15)10-26-20(27)9-24-23(26)30/h2-6,8,12,19H,7,9-11H2,1H3,(H,24,30)(H,25,29). The van der Waals surface area contributed by atoms with Crippen molar-refractivity contribution in [3.63, 3.8) is 0 Å². The normalized spacial score (nSPS) is 21.5. The smallest absolute Gasteiger partial charge is 0.324 e. The van der Waals surface area contributed by atoms with Gasteiger partial charge in [-0.1, -0.05) is 12.1 Å². The van der Waals surface area contributed by atoms with Gasteiger partial charge in [-0.3, -0.25) is 19.3 Å². The van der Waals surface area contributed by atoms with Gasteiger partial charge in [0.15, 0.2) is 17.3 Å². The Morgan fingerprint density at radius 2 is 1.88 bits per heavy atom. The maximum Gasteiger partial charge on any atom is 0.324 e. The predicted octanol–water partition coefficient (Wildman–Crippen LogP) is 2.33. The van der Waals surface area contributed by atoms with Crippen LogP contribution in [0.25, 0.3) is 0 Å². The van der Waals surface area contributed by atoms with Gasteiger partial charge in [-0.2, -0.15) is 0 Å². The number of Topliss-reactive ketones (excluding diaryl/α,β-unsaturated/α-hetero) is 1. The first kappa shape index (κ1) is 21.3. The van der Waals surface area contributed by atoms with Crippen molar-refractivity contribution in [2.24, 2.45) is 0 Å². The quantitative estimate of drug-likeness (QED) is 0.664. The highest BCUT2D eigenvalue weighted by atomic mass is 32.2. The molecule has 2 unspecified atom stereocenters. The van der Waals surface area contributed by atoms with Crippen LogP contribution in [0.15, 0.2) is 36.4 Å². The number of nitrogens with one attached hydrogen (secondary N) is 2. The number of nitrogens with zero attached hydrogens (tertiary/aromatic N) is 1. The van der Waals surface area contributed by atoms with E-state index in [0.717, 1.165) is 16.0 Å². The number of carbonyl (C=O) groups is 4. The molecule has 3 aliphatic heterocycles. The summed E-state index contributed by atoms with van der Waals surface area (Å²) >= 11 is 1.33. The number of urea groups is 1. The first-order valence-corrected chi connectivity index (χ1v) is 11.4. The fraction of sp³-hybridized carbons (Fsp3) is 0.304. The molecule has 4 amide bonds. The maximum absolute atomic E-state index is 13.1. The van der Waals surface area contributed by atoms with Crippen LogP contribution < -0.4 is 20.1 Å². The molecule has 1 fully saturated rings. The van der Waals surface area contributed by atoms with Crippen LogP contribution in [0.1, 0.15) is 28.4 Å². The highest BCUT2D eigenvalue weighted by Crippen LogP contribution is 2.39. The Hall–Kier alpha value is -3.53. The van der Waals surface area contributed by atoms with Gasteiger partial charge in [-0.15, -0.1) is 11.8 Å². The Morgan fingerprint density at radius 3 is 2.58 bits per heavy atom. The van der Waals surface area contributed by atoms with Gasteiger partial charge in [0.25, 0.3) is 0 Å². The fourth-order valence-corrected chi connectivity index (χ4v) is 5.23. The molecule has 0 saturated carbocycles. The van der Waals surface area contributed by atoms with Gasteiger partial charge in [0.1, 0.15) is 0 Å². The van der Waals surface area contributed by atoms with E-state index in [1.807, 2.05) is 0 Å². The first-order valence-electron chi connectivity index (χ1n) is 10.5. The van der Waals surface area contributed by atoms with Crippen molar-refractivity contribution in [3.8, 4) is 11.5 Å². The lowest BCUT2D eigenvalue weighted by atomic mass is 9.97. The summed E-state index contributed by atoms with van der Waals surface area (Å²) in [6.07, 6.45) is 0.392. The van der Waals surface area contributed by atoms with Crippen molar-refractivity contribution in [2.75, 3.05) is 18.7 Å². The van der Waals surface area contributed by atoms with Crippen LogP contribution in [-0.4, -0.2) is 52.4 Å². The van der Waals surface area contributed by atoms with Gasteiger partial charge in [0, 0.05) is 11.3 Å². The van der Waals surface area contributed by atoms with Crippen LogP contribution in [0.4, 0.5) is 10.5 Å². The molecule has 10 heteroatoms. The molecule has 0 bridgehead atoms. The fourth-order valence-electron chi connectivity index (χ4n) is 4.03. The van der Waals surface area contributed by atoms with Gasteiger partial charge < -0.3 is 20.1 Å². The molecule has 170 valence electrons.